The summed E-state index contributed by atoms with van der Waals surface area (Å²) in [6, 6.07) is 12.3. The third-order valence-electron chi connectivity index (χ3n) is 6.96. The molecule has 7 heteroatoms. The molecule has 0 spiro atoms. The number of fused-ring (bicyclic) bond motifs is 2. The summed E-state index contributed by atoms with van der Waals surface area (Å²) in [5.41, 5.74) is 14.7. The predicted molar refractivity (Wildman–Crippen MR) is 145 cm³/mol. The molecule has 1 atom stereocenters. The van der Waals surface area contributed by atoms with Crippen molar-refractivity contribution in [1.29, 1.82) is 0 Å². The number of hydrogen-bond acceptors (Lipinski definition) is 4. The van der Waals surface area contributed by atoms with Gasteiger partial charge in [0.15, 0.2) is 0 Å². The van der Waals surface area contributed by atoms with Crippen LogP contribution in [0.25, 0.3) is 22.0 Å². The van der Waals surface area contributed by atoms with E-state index >= 15 is 0 Å². The number of nitrogens with zero attached hydrogens (tertiary/aromatic N) is 2. The largest absolute Gasteiger partial charge is 0.348 e. The van der Waals surface area contributed by atoms with Gasteiger partial charge in [0.1, 0.15) is 6.17 Å². The van der Waals surface area contributed by atoms with Crippen LogP contribution < -0.4 is 16.6 Å². The lowest BCUT2D eigenvalue weighted by Crippen LogP contribution is -2.28. The third-order valence-corrected chi connectivity index (χ3v) is 6.96. The number of aromatic nitrogens is 2. The molecule has 1 aliphatic heterocycles. The Kier molecular flexibility index (Phi) is 5.88. The molecule has 184 valence electrons. The topological polar surface area (TPSA) is 105 Å². The van der Waals surface area contributed by atoms with Crippen molar-refractivity contribution >= 4 is 23.0 Å². The first-order valence-electron chi connectivity index (χ1n) is 12.2. The van der Waals surface area contributed by atoms with Gasteiger partial charge < -0.3 is 20.6 Å². The minimum Gasteiger partial charge on any atom is -0.348 e. The molecule has 3 heterocycles. The molecule has 4 aromatic rings. The molecule has 2 aromatic carbocycles. The van der Waals surface area contributed by atoms with Crippen LogP contribution in [-0.2, 0) is 6.54 Å². The number of nitrogens with two attached hydrogens (primary N) is 1. The molecule has 7 nitrogen and oxygen atoms in total. The van der Waals surface area contributed by atoms with E-state index in [0.717, 1.165) is 50.0 Å². The lowest BCUT2D eigenvalue weighted by atomic mass is 9.95. The maximum Gasteiger partial charge on any atom is 0.253 e. The van der Waals surface area contributed by atoms with E-state index in [1.54, 1.807) is 6.21 Å². The molecular weight excluding hydrogens is 450 g/mol. The van der Waals surface area contributed by atoms with E-state index in [2.05, 4.69) is 52.0 Å². The minimum absolute atomic E-state index is 0.156. The van der Waals surface area contributed by atoms with Crippen molar-refractivity contribution in [3.05, 3.63) is 92.0 Å². The number of rotatable bonds is 5. The molecule has 0 radical (unpaired) electrons. The molecule has 2 aromatic heterocycles. The van der Waals surface area contributed by atoms with E-state index in [1.165, 1.54) is 0 Å². The van der Waals surface area contributed by atoms with Crippen molar-refractivity contribution in [1.82, 2.24) is 14.9 Å². The average Bonchev–Trinajstić information content (AvgIpc) is 3.37. The van der Waals surface area contributed by atoms with Gasteiger partial charge in [0.05, 0.1) is 0 Å². The Morgan fingerprint density at radius 3 is 2.61 bits per heavy atom. The highest BCUT2D eigenvalue weighted by Crippen LogP contribution is 2.34. The van der Waals surface area contributed by atoms with Crippen molar-refractivity contribution in [2.45, 2.75) is 53.4 Å². The zero-order valence-corrected chi connectivity index (χ0v) is 21.3. The normalized spacial score (nSPS) is 14.6. The summed E-state index contributed by atoms with van der Waals surface area (Å²) >= 11 is 0. The number of amides is 1. The number of hydrogen-bond donors (Lipinski definition) is 3. The van der Waals surface area contributed by atoms with Crippen LogP contribution in [0.3, 0.4) is 0 Å². The number of pyridine rings is 1. The van der Waals surface area contributed by atoms with Crippen molar-refractivity contribution < 1.29 is 4.79 Å². The highest BCUT2D eigenvalue weighted by molar-refractivity contribution is 6.09. The molecule has 1 amide bonds. The monoisotopic (exact) mass is 481 g/mol. The van der Waals surface area contributed by atoms with E-state index < -0.39 is 0 Å². The summed E-state index contributed by atoms with van der Waals surface area (Å²) in [6.07, 6.45) is 3.57. The molecule has 4 N–H and O–H groups in total. The van der Waals surface area contributed by atoms with Crippen LogP contribution in [0.15, 0.2) is 52.4 Å². The number of aromatic amines is 1. The SMILES string of the molecule is Cc1cc(C)c(CNC(=O)c2cc(-c3ccc4c(c3)C=NC4N)cc3c2c(C)cn3C(C)C)c(=O)[nH]1. The highest BCUT2D eigenvalue weighted by Gasteiger charge is 2.21. The molecule has 1 unspecified atom stereocenters. The highest BCUT2D eigenvalue weighted by atomic mass is 16.1. The van der Waals surface area contributed by atoms with Crippen molar-refractivity contribution in [3.8, 4) is 11.1 Å². The van der Waals surface area contributed by atoms with Crippen LogP contribution >= 0.6 is 0 Å². The van der Waals surface area contributed by atoms with Crippen LogP contribution in [0.4, 0.5) is 0 Å². The van der Waals surface area contributed by atoms with Gasteiger partial charge in [-0.3, -0.25) is 14.6 Å². The number of carbonyl (C=O) groups is 1. The van der Waals surface area contributed by atoms with Crippen LogP contribution in [0.1, 0.15) is 69.9 Å². The number of nitrogens with one attached hydrogen (secondary N) is 2. The Bertz CT molecular complexity index is 1610. The van der Waals surface area contributed by atoms with Gasteiger partial charge in [-0.25, -0.2) is 0 Å². The average molecular weight is 482 g/mol. The van der Waals surface area contributed by atoms with Crippen LogP contribution in [0.5, 0.6) is 0 Å². The molecule has 0 saturated heterocycles. The lowest BCUT2D eigenvalue weighted by molar-refractivity contribution is 0.0952. The molecule has 36 heavy (non-hydrogen) atoms. The van der Waals surface area contributed by atoms with E-state index in [0.29, 0.717) is 11.1 Å². The second-order valence-electron chi connectivity index (χ2n) is 9.92. The Labute approximate surface area is 210 Å². The smallest absolute Gasteiger partial charge is 0.253 e. The summed E-state index contributed by atoms with van der Waals surface area (Å²) in [5.74, 6) is -0.212. The maximum atomic E-state index is 13.6. The summed E-state index contributed by atoms with van der Waals surface area (Å²) < 4.78 is 2.20. The molecular formula is C29H31N5O2. The third kappa shape index (κ3) is 4.05. The second kappa shape index (κ2) is 8.91. The fraction of sp³-hybridized carbons (Fsp3) is 0.276. The summed E-state index contributed by atoms with van der Waals surface area (Å²) in [4.78, 5) is 33.2. The van der Waals surface area contributed by atoms with E-state index in [1.807, 2.05) is 45.0 Å². The molecule has 0 bridgehead atoms. The van der Waals surface area contributed by atoms with Gasteiger partial charge in [0, 0.05) is 52.7 Å². The van der Waals surface area contributed by atoms with E-state index in [-0.39, 0.29) is 30.2 Å². The van der Waals surface area contributed by atoms with Gasteiger partial charge in [-0.15, -0.1) is 0 Å². The number of carbonyl (C=O) groups excluding carboxylic acids is 1. The van der Waals surface area contributed by atoms with Crippen molar-refractivity contribution in [2.75, 3.05) is 0 Å². The van der Waals surface area contributed by atoms with Gasteiger partial charge in [-0.1, -0.05) is 12.1 Å². The van der Waals surface area contributed by atoms with E-state index in [4.69, 9.17) is 5.73 Å². The first-order chi connectivity index (χ1) is 17.1. The standard InChI is InChI=1S/C29H31N5O2/c1-15(2)34-14-17(4)26-23(28(35)32-13-24-16(3)8-18(5)33-29(24)36)10-20(11-25(26)34)19-6-7-22-21(9-19)12-31-27(22)30/h6-12,14-15,27H,13,30H2,1-5H3,(H,32,35)(H,33,36). The van der Waals surface area contributed by atoms with Crippen molar-refractivity contribution in [3.63, 3.8) is 0 Å². The Morgan fingerprint density at radius 1 is 1.11 bits per heavy atom. The van der Waals surface area contributed by atoms with Gasteiger partial charge >= 0.3 is 0 Å². The van der Waals surface area contributed by atoms with Gasteiger partial charge in [-0.2, -0.15) is 0 Å². The second-order valence-corrected chi connectivity index (χ2v) is 9.92. The molecule has 5 rings (SSSR count). The first kappa shape index (κ1) is 23.8. The molecule has 1 aliphatic rings. The molecule has 0 saturated carbocycles. The van der Waals surface area contributed by atoms with Crippen molar-refractivity contribution in [2.24, 2.45) is 10.7 Å². The Morgan fingerprint density at radius 2 is 1.89 bits per heavy atom. The van der Waals surface area contributed by atoms with E-state index in [9.17, 15) is 9.59 Å². The zero-order chi connectivity index (χ0) is 25.7. The fourth-order valence-corrected chi connectivity index (χ4v) is 5.10. The minimum atomic E-state index is -0.327. The summed E-state index contributed by atoms with van der Waals surface area (Å²) in [7, 11) is 0. The van der Waals surface area contributed by atoms with Gasteiger partial charge in [-0.05, 0) is 92.3 Å². The maximum absolute atomic E-state index is 13.6. The quantitative estimate of drug-likeness (QED) is 0.380. The van der Waals surface area contributed by atoms with Gasteiger partial charge in [0.25, 0.3) is 11.5 Å². The van der Waals surface area contributed by atoms with Gasteiger partial charge in [0.2, 0.25) is 0 Å². The fourth-order valence-electron chi connectivity index (χ4n) is 5.10. The number of aliphatic imine (C=N–C) groups is 1. The predicted octanol–water partition coefficient (Wildman–Crippen LogP) is 4.82. The van der Waals surface area contributed by atoms with Crippen LogP contribution in [0.2, 0.25) is 0 Å². The first-order valence-corrected chi connectivity index (χ1v) is 12.2. The Hall–Kier alpha value is -3.97. The number of aryl methyl sites for hydroxylation is 3. The number of H-pyrrole nitrogens is 1. The summed E-state index contributed by atoms with van der Waals surface area (Å²) in [5, 5.41) is 3.92. The number of benzene rings is 2. The Balaban J connectivity index is 1.60. The molecule has 0 aliphatic carbocycles. The molecule has 0 fully saturated rings. The lowest BCUT2D eigenvalue weighted by Gasteiger charge is -2.14. The van der Waals surface area contributed by atoms with Crippen LogP contribution in [-0.4, -0.2) is 21.7 Å². The zero-order valence-electron chi connectivity index (χ0n) is 21.3. The summed E-state index contributed by atoms with van der Waals surface area (Å²) in [6.45, 7) is 10.2. The van der Waals surface area contributed by atoms with Crippen LogP contribution in [0, 0.1) is 20.8 Å².